The van der Waals surface area contributed by atoms with Crippen LogP contribution in [0.25, 0.3) is 11.1 Å². The first-order valence-electron chi connectivity index (χ1n) is 8.11. The third-order valence-electron chi connectivity index (χ3n) is 3.78. The predicted molar refractivity (Wildman–Crippen MR) is 106 cm³/mol. The molecule has 0 heterocycles. The highest BCUT2D eigenvalue weighted by atomic mass is 35.5. The molecule has 3 aromatic rings. The minimum absolute atomic E-state index is 0.106. The molecule has 0 spiro atoms. The second-order valence-electron chi connectivity index (χ2n) is 5.71. The topological polar surface area (TPSA) is 38.3 Å². The molecule has 5 heteroatoms. The lowest BCUT2D eigenvalue weighted by atomic mass is 10.1. The molecule has 1 N–H and O–H groups in total. The van der Waals surface area contributed by atoms with Crippen LogP contribution in [0, 0.1) is 0 Å². The number of nitrogens with one attached hydrogen (secondary N) is 1. The Morgan fingerprint density at radius 3 is 2.42 bits per heavy atom. The Bertz CT molecular complexity index is 898. The summed E-state index contributed by atoms with van der Waals surface area (Å²) in [6.07, 6.45) is 0. The lowest BCUT2D eigenvalue weighted by molar-refractivity contribution is -0.123. The van der Waals surface area contributed by atoms with Gasteiger partial charge in [0, 0.05) is 11.6 Å². The van der Waals surface area contributed by atoms with Gasteiger partial charge < -0.3 is 10.1 Å². The number of halogens is 2. The highest BCUT2D eigenvalue weighted by Gasteiger charge is 2.08. The van der Waals surface area contributed by atoms with Crippen LogP contribution in [0.2, 0.25) is 10.0 Å². The fraction of sp³-hybridized carbons (Fsp3) is 0.0952. The van der Waals surface area contributed by atoms with Crippen LogP contribution in [0.3, 0.4) is 0 Å². The Kier molecular flexibility index (Phi) is 6.16. The van der Waals surface area contributed by atoms with E-state index in [1.165, 1.54) is 0 Å². The summed E-state index contributed by atoms with van der Waals surface area (Å²) in [5.74, 6) is 0.248. The Balaban J connectivity index is 1.55. The number of hydrogen-bond donors (Lipinski definition) is 1. The van der Waals surface area contributed by atoms with E-state index in [0.717, 1.165) is 16.7 Å². The van der Waals surface area contributed by atoms with Gasteiger partial charge in [-0.15, -0.1) is 0 Å². The first-order valence-corrected chi connectivity index (χ1v) is 8.86. The summed E-state index contributed by atoms with van der Waals surface area (Å²) >= 11 is 12.2. The third-order valence-corrected chi connectivity index (χ3v) is 4.31. The summed E-state index contributed by atoms with van der Waals surface area (Å²) in [7, 11) is 0. The van der Waals surface area contributed by atoms with Crippen LogP contribution in [-0.2, 0) is 11.3 Å². The quantitative estimate of drug-likeness (QED) is 0.620. The van der Waals surface area contributed by atoms with Crippen molar-refractivity contribution in [3.63, 3.8) is 0 Å². The Hall–Kier alpha value is -2.49. The molecule has 0 aliphatic carbocycles. The van der Waals surface area contributed by atoms with Crippen LogP contribution >= 0.6 is 23.2 Å². The summed E-state index contributed by atoms with van der Waals surface area (Å²) in [6, 6.07) is 22.8. The maximum atomic E-state index is 12.0. The van der Waals surface area contributed by atoms with Crippen LogP contribution in [0.4, 0.5) is 0 Å². The van der Waals surface area contributed by atoms with Crippen molar-refractivity contribution in [2.45, 2.75) is 6.54 Å². The molecule has 0 aliphatic rings. The number of rotatable bonds is 6. The van der Waals surface area contributed by atoms with E-state index in [-0.39, 0.29) is 12.5 Å². The van der Waals surface area contributed by atoms with Gasteiger partial charge in [-0.3, -0.25) is 4.79 Å². The van der Waals surface area contributed by atoms with Crippen molar-refractivity contribution >= 4 is 29.1 Å². The van der Waals surface area contributed by atoms with Gasteiger partial charge in [0.05, 0.1) is 5.02 Å². The molecule has 0 aliphatic heterocycles. The van der Waals surface area contributed by atoms with Crippen molar-refractivity contribution in [1.82, 2.24) is 5.32 Å². The molecule has 0 aromatic heterocycles. The van der Waals surface area contributed by atoms with Gasteiger partial charge in [-0.2, -0.15) is 0 Å². The Morgan fingerprint density at radius 1 is 0.885 bits per heavy atom. The largest absolute Gasteiger partial charge is 0.482 e. The van der Waals surface area contributed by atoms with Gasteiger partial charge in [0.25, 0.3) is 5.91 Å². The van der Waals surface area contributed by atoms with Crippen LogP contribution < -0.4 is 10.1 Å². The maximum Gasteiger partial charge on any atom is 0.258 e. The van der Waals surface area contributed by atoms with E-state index in [1.807, 2.05) is 60.7 Å². The van der Waals surface area contributed by atoms with Crippen molar-refractivity contribution in [2.75, 3.05) is 6.61 Å². The molecular weight excluding hydrogens is 369 g/mol. The molecule has 0 saturated heterocycles. The molecule has 3 rings (SSSR count). The minimum atomic E-state index is -0.229. The van der Waals surface area contributed by atoms with Crippen molar-refractivity contribution in [1.29, 1.82) is 0 Å². The van der Waals surface area contributed by atoms with E-state index in [0.29, 0.717) is 22.3 Å². The zero-order valence-electron chi connectivity index (χ0n) is 13.9. The number of carbonyl (C=O) groups is 1. The van der Waals surface area contributed by atoms with Gasteiger partial charge in [0.2, 0.25) is 0 Å². The summed E-state index contributed by atoms with van der Waals surface area (Å²) < 4.78 is 5.53. The van der Waals surface area contributed by atoms with E-state index in [1.54, 1.807) is 12.1 Å². The highest BCUT2D eigenvalue weighted by molar-refractivity contribution is 6.32. The Labute approximate surface area is 162 Å². The second-order valence-corrected chi connectivity index (χ2v) is 6.55. The number of ether oxygens (including phenoxy) is 1. The average Bonchev–Trinajstić information content (AvgIpc) is 2.66. The molecule has 26 heavy (non-hydrogen) atoms. The highest BCUT2D eigenvalue weighted by Crippen LogP contribution is 2.30. The first kappa shape index (κ1) is 18.3. The lowest BCUT2D eigenvalue weighted by Gasteiger charge is -2.10. The van der Waals surface area contributed by atoms with Crippen molar-refractivity contribution < 1.29 is 9.53 Å². The third kappa shape index (κ3) is 5.01. The molecule has 0 saturated carbocycles. The van der Waals surface area contributed by atoms with Crippen molar-refractivity contribution in [3.05, 3.63) is 88.4 Å². The van der Waals surface area contributed by atoms with Gasteiger partial charge in [-0.05, 0) is 41.0 Å². The van der Waals surface area contributed by atoms with E-state index >= 15 is 0 Å². The summed E-state index contributed by atoms with van der Waals surface area (Å²) in [5, 5.41) is 3.89. The molecule has 0 bridgehead atoms. The van der Waals surface area contributed by atoms with Gasteiger partial charge in [0.1, 0.15) is 5.75 Å². The molecule has 3 nitrogen and oxygen atoms in total. The molecule has 1 amide bonds. The fourth-order valence-electron chi connectivity index (χ4n) is 2.47. The molecule has 0 atom stereocenters. The van der Waals surface area contributed by atoms with Crippen LogP contribution in [0.5, 0.6) is 5.75 Å². The SMILES string of the molecule is O=C(COc1ccc(-c2ccccc2)cc1Cl)NCc1cccc(Cl)c1. The maximum absolute atomic E-state index is 12.0. The average molecular weight is 386 g/mol. The van der Waals surface area contributed by atoms with E-state index in [9.17, 15) is 4.79 Å². The van der Waals surface area contributed by atoms with Crippen LogP contribution in [0.15, 0.2) is 72.8 Å². The first-order chi connectivity index (χ1) is 12.6. The number of hydrogen-bond acceptors (Lipinski definition) is 2. The standard InChI is InChI=1S/C21H17Cl2NO2/c22-18-8-4-5-15(11-18)13-24-21(25)14-26-20-10-9-17(12-19(20)23)16-6-2-1-3-7-16/h1-12H,13-14H2,(H,24,25). The van der Waals surface area contributed by atoms with Crippen molar-refractivity contribution in [3.8, 4) is 16.9 Å². The van der Waals surface area contributed by atoms with E-state index in [2.05, 4.69) is 5.32 Å². The normalized spacial score (nSPS) is 10.4. The Morgan fingerprint density at radius 2 is 1.69 bits per heavy atom. The van der Waals surface area contributed by atoms with Gasteiger partial charge in [-0.1, -0.05) is 71.7 Å². The molecular formula is C21H17Cl2NO2. The van der Waals surface area contributed by atoms with E-state index in [4.69, 9.17) is 27.9 Å². The number of carbonyl (C=O) groups excluding carboxylic acids is 1. The van der Waals surface area contributed by atoms with Crippen LogP contribution in [-0.4, -0.2) is 12.5 Å². The van der Waals surface area contributed by atoms with Gasteiger partial charge in [-0.25, -0.2) is 0 Å². The van der Waals surface area contributed by atoms with Gasteiger partial charge in [0.15, 0.2) is 6.61 Å². The summed E-state index contributed by atoms with van der Waals surface area (Å²) in [4.78, 5) is 12.0. The number of amides is 1. The molecule has 0 fully saturated rings. The van der Waals surface area contributed by atoms with Gasteiger partial charge >= 0.3 is 0 Å². The molecule has 132 valence electrons. The fourth-order valence-corrected chi connectivity index (χ4v) is 2.92. The number of benzene rings is 3. The molecule has 0 radical (unpaired) electrons. The van der Waals surface area contributed by atoms with E-state index < -0.39 is 0 Å². The monoisotopic (exact) mass is 385 g/mol. The lowest BCUT2D eigenvalue weighted by Crippen LogP contribution is -2.28. The van der Waals surface area contributed by atoms with Crippen molar-refractivity contribution in [2.24, 2.45) is 0 Å². The second kappa shape index (κ2) is 8.75. The minimum Gasteiger partial charge on any atom is -0.482 e. The molecule has 3 aromatic carbocycles. The zero-order valence-corrected chi connectivity index (χ0v) is 15.4. The smallest absolute Gasteiger partial charge is 0.258 e. The molecule has 0 unspecified atom stereocenters. The zero-order chi connectivity index (χ0) is 18.4. The van der Waals surface area contributed by atoms with Crippen LogP contribution in [0.1, 0.15) is 5.56 Å². The summed E-state index contributed by atoms with van der Waals surface area (Å²) in [6.45, 7) is 0.286. The predicted octanol–water partition coefficient (Wildman–Crippen LogP) is 5.36. The summed E-state index contributed by atoms with van der Waals surface area (Å²) in [5.41, 5.74) is 2.99.